The van der Waals surface area contributed by atoms with Crippen LogP contribution in [0.4, 0.5) is 0 Å². The SMILES string of the molecule is O=C(Cn1cc(C(=O)O)nn1)NCC1CC(c2ccccc2)C1. The zero-order valence-corrected chi connectivity index (χ0v) is 12.6. The Morgan fingerprint density at radius 1 is 1.26 bits per heavy atom. The van der Waals surface area contributed by atoms with E-state index in [1.165, 1.54) is 16.4 Å². The van der Waals surface area contributed by atoms with Crippen molar-refractivity contribution >= 4 is 11.9 Å². The van der Waals surface area contributed by atoms with E-state index in [1.807, 2.05) is 18.2 Å². The van der Waals surface area contributed by atoms with E-state index in [-0.39, 0.29) is 18.1 Å². The van der Waals surface area contributed by atoms with E-state index in [1.54, 1.807) is 0 Å². The van der Waals surface area contributed by atoms with Crippen molar-refractivity contribution in [3.05, 3.63) is 47.8 Å². The highest BCUT2D eigenvalue weighted by Crippen LogP contribution is 2.40. The molecule has 0 saturated heterocycles. The second-order valence-corrected chi connectivity index (χ2v) is 5.86. The maximum Gasteiger partial charge on any atom is 0.358 e. The number of carbonyl (C=O) groups is 2. The van der Waals surface area contributed by atoms with Gasteiger partial charge in [-0.05, 0) is 30.2 Å². The average Bonchev–Trinajstić information content (AvgIpc) is 2.95. The first kappa shape index (κ1) is 15.2. The van der Waals surface area contributed by atoms with Gasteiger partial charge >= 0.3 is 5.97 Å². The quantitative estimate of drug-likeness (QED) is 0.837. The lowest BCUT2D eigenvalue weighted by Gasteiger charge is -2.35. The summed E-state index contributed by atoms with van der Waals surface area (Å²) in [5.41, 5.74) is 1.20. The molecule has 1 aromatic heterocycles. The smallest absolute Gasteiger partial charge is 0.358 e. The molecule has 2 N–H and O–H groups in total. The minimum atomic E-state index is -1.15. The maximum absolute atomic E-state index is 11.8. The predicted octanol–water partition coefficient (Wildman–Crippen LogP) is 1.29. The second kappa shape index (κ2) is 6.60. The summed E-state index contributed by atoms with van der Waals surface area (Å²) in [5, 5.41) is 18.7. The third-order valence-corrected chi connectivity index (χ3v) is 4.16. The first-order valence-electron chi connectivity index (χ1n) is 7.57. The molecule has 2 aromatic rings. The van der Waals surface area contributed by atoms with Gasteiger partial charge in [-0.3, -0.25) is 4.79 Å². The maximum atomic E-state index is 11.8. The van der Waals surface area contributed by atoms with Gasteiger partial charge in [0.25, 0.3) is 0 Å². The van der Waals surface area contributed by atoms with E-state index >= 15 is 0 Å². The van der Waals surface area contributed by atoms with Crippen molar-refractivity contribution in [1.82, 2.24) is 20.3 Å². The van der Waals surface area contributed by atoms with Crippen LogP contribution >= 0.6 is 0 Å². The van der Waals surface area contributed by atoms with Crippen LogP contribution in [0.3, 0.4) is 0 Å². The van der Waals surface area contributed by atoms with E-state index in [2.05, 4.69) is 27.8 Å². The fraction of sp³-hybridized carbons (Fsp3) is 0.375. The molecule has 1 aromatic carbocycles. The standard InChI is InChI=1S/C16H18N4O3/c21-15(10-20-9-14(16(22)23)18-19-20)17-8-11-6-13(7-11)12-4-2-1-3-5-12/h1-5,9,11,13H,6-8,10H2,(H,17,21)(H,22,23). The number of aromatic carboxylic acids is 1. The highest BCUT2D eigenvalue weighted by Gasteiger charge is 2.30. The summed E-state index contributed by atoms with van der Waals surface area (Å²) in [6.07, 6.45) is 3.41. The Bertz CT molecular complexity index is 692. The minimum absolute atomic E-state index is 0.0187. The molecule has 120 valence electrons. The summed E-state index contributed by atoms with van der Waals surface area (Å²) in [6, 6.07) is 10.4. The van der Waals surface area contributed by atoms with E-state index < -0.39 is 5.97 Å². The van der Waals surface area contributed by atoms with Crippen LogP contribution in [-0.2, 0) is 11.3 Å². The largest absolute Gasteiger partial charge is 0.476 e. The molecule has 1 heterocycles. The van der Waals surface area contributed by atoms with Crippen LogP contribution < -0.4 is 5.32 Å². The van der Waals surface area contributed by atoms with E-state index in [0.717, 1.165) is 12.8 Å². The fourth-order valence-corrected chi connectivity index (χ4v) is 2.83. The summed E-state index contributed by atoms with van der Waals surface area (Å²) >= 11 is 0. The van der Waals surface area contributed by atoms with Crippen molar-refractivity contribution in [3.63, 3.8) is 0 Å². The number of rotatable bonds is 6. The molecule has 7 nitrogen and oxygen atoms in total. The molecule has 0 radical (unpaired) electrons. The fourth-order valence-electron chi connectivity index (χ4n) is 2.83. The molecule has 0 aliphatic heterocycles. The average molecular weight is 314 g/mol. The number of aromatic nitrogens is 3. The van der Waals surface area contributed by atoms with Crippen molar-refractivity contribution in [2.75, 3.05) is 6.54 Å². The summed E-state index contributed by atoms with van der Waals surface area (Å²) in [6.45, 7) is 0.623. The molecule has 1 aliphatic carbocycles. The molecule has 3 rings (SSSR count). The van der Waals surface area contributed by atoms with Crippen LogP contribution in [0.2, 0.25) is 0 Å². The summed E-state index contributed by atoms with van der Waals surface area (Å²) in [5.74, 6) is -0.255. The molecule has 23 heavy (non-hydrogen) atoms. The molecule has 0 bridgehead atoms. The Balaban J connectivity index is 1.39. The first-order chi connectivity index (χ1) is 11.1. The normalized spacial score (nSPS) is 19.8. The van der Waals surface area contributed by atoms with Crippen molar-refractivity contribution in [2.45, 2.75) is 25.3 Å². The summed E-state index contributed by atoms with van der Waals surface area (Å²) in [4.78, 5) is 22.5. The van der Waals surface area contributed by atoms with Crippen molar-refractivity contribution < 1.29 is 14.7 Å². The van der Waals surface area contributed by atoms with Crippen LogP contribution in [0, 0.1) is 5.92 Å². The number of carboxylic acids is 1. The zero-order valence-electron chi connectivity index (χ0n) is 12.6. The van der Waals surface area contributed by atoms with Gasteiger partial charge in [0, 0.05) is 6.54 Å². The highest BCUT2D eigenvalue weighted by molar-refractivity contribution is 5.84. The number of nitrogens with zero attached hydrogens (tertiary/aromatic N) is 3. The van der Waals surface area contributed by atoms with Crippen LogP contribution in [0.5, 0.6) is 0 Å². The van der Waals surface area contributed by atoms with Gasteiger partial charge in [0.05, 0.1) is 6.20 Å². The number of hydrogen-bond donors (Lipinski definition) is 2. The Labute approximate surface area is 133 Å². The van der Waals surface area contributed by atoms with Gasteiger partial charge in [0.2, 0.25) is 5.91 Å². The number of carboxylic acid groups (broad SMARTS) is 1. The summed E-state index contributed by atoms with van der Waals surface area (Å²) in [7, 11) is 0. The van der Waals surface area contributed by atoms with Gasteiger partial charge in [-0.15, -0.1) is 5.10 Å². The Morgan fingerprint density at radius 3 is 2.65 bits per heavy atom. The lowest BCUT2D eigenvalue weighted by molar-refractivity contribution is -0.122. The Hall–Kier alpha value is -2.70. The molecular formula is C16H18N4O3. The van der Waals surface area contributed by atoms with Crippen LogP contribution in [0.1, 0.15) is 34.8 Å². The topological polar surface area (TPSA) is 97.1 Å². The molecule has 0 unspecified atom stereocenters. The third kappa shape index (κ3) is 3.74. The monoisotopic (exact) mass is 314 g/mol. The number of benzene rings is 1. The van der Waals surface area contributed by atoms with Gasteiger partial charge in [-0.25, -0.2) is 9.48 Å². The number of carbonyl (C=O) groups excluding carboxylic acids is 1. The van der Waals surface area contributed by atoms with Gasteiger partial charge in [0.15, 0.2) is 5.69 Å². The van der Waals surface area contributed by atoms with E-state index in [9.17, 15) is 9.59 Å². The first-order valence-corrected chi connectivity index (χ1v) is 7.57. The molecule has 0 spiro atoms. The van der Waals surface area contributed by atoms with Crippen LogP contribution in [0.15, 0.2) is 36.5 Å². The molecule has 7 heteroatoms. The highest BCUT2D eigenvalue weighted by atomic mass is 16.4. The van der Waals surface area contributed by atoms with E-state index in [4.69, 9.17) is 5.11 Å². The second-order valence-electron chi connectivity index (χ2n) is 5.86. The number of nitrogens with one attached hydrogen (secondary N) is 1. The minimum Gasteiger partial charge on any atom is -0.476 e. The molecule has 1 saturated carbocycles. The molecular weight excluding hydrogens is 296 g/mol. The predicted molar refractivity (Wildman–Crippen MR) is 81.9 cm³/mol. The van der Waals surface area contributed by atoms with E-state index in [0.29, 0.717) is 18.4 Å². The van der Waals surface area contributed by atoms with Gasteiger partial charge in [0.1, 0.15) is 6.54 Å². The van der Waals surface area contributed by atoms with Crippen LogP contribution in [0.25, 0.3) is 0 Å². The molecule has 1 aliphatic rings. The molecule has 1 fully saturated rings. The van der Waals surface area contributed by atoms with Crippen molar-refractivity contribution in [2.24, 2.45) is 5.92 Å². The van der Waals surface area contributed by atoms with Crippen molar-refractivity contribution in [3.8, 4) is 0 Å². The van der Waals surface area contributed by atoms with Gasteiger partial charge < -0.3 is 10.4 Å². The Kier molecular flexibility index (Phi) is 4.36. The lowest BCUT2D eigenvalue weighted by atomic mass is 9.71. The summed E-state index contributed by atoms with van der Waals surface area (Å²) < 4.78 is 1.23. The van der Waals surface area contributed by atoms with Crippen LogP contribution in [-0.4, -0.2) is 38.5 Å². The molecule has 1 amide bonds. The number of amides is 1. The number of hydrogen-bond acceptors (Lipinski definition) is 4. The lowest BCUT2D eigenvalue weighted by Crippen LogP contribution is -2.36. The third-order valence-electron chi connectivity index (χ3n) is 4.16. The Morgan fingerprint density at radius 2 is 2.00 bits per heavy atom. The van der Waals surface area contributed by atoms with Gasteiger partial charge in [-0.1, -0.05) is 35.5 Å². The molecule has 0 atom stereocenters. The zero-order chi connectivity index (χ0) is 16.2. The van der Waals surface area contributed by atoms with Gasteiger partial charge in [-0.2, -0.15) is 0 Å². The van der Waals surface area contributed by atoms with Crippen molar-refractivity contribution in [1.29, 1.82) is 0 Å².